The molecule has 22 heavy (non-hydrogen) atoms. The Morgan fingerprint density at radius 2 is 1.68 bits per heavy atom. The average Bonchev–Trinajstić information content (AvgIpc) is 2.40. The van der Waals surface area contributed by atoms with Gasteiger partial charge in [-0.15, -0.1) is 0 Å². The molecule has 1 aromatic carbocycles. The fraction of sp³-hybridized carbons (Fsp3) is 0.278. The third kappa shape index (κ3) is 3.22. The predicted molar refractivity (Wildman–Crippen MR) is 83.0 cm³/mol. The number of hydrogen-bond donors (Lipinski definition) is 0. The van der Waals surface area contributed by atoms with E-state index in [-0.39, 0.29) is 5.76 Å². The molecule has 0 aromatic heterocycles. The van der Waals surface area contributed by atoms with Gasteiger partial charge in [-0.2, -0.15) is 0 Å². The third-order valence-corrected chi connectivity index (χ3v) is 3.72. The zero-order valence-electron chi connectivity index (χ0n) is 13.1. The van der Waals surface area contributed by atoms with E-state index in [4.69, 9.17) is 4.74 Å². The second-order valence-electron chi connectivity index (χ2n) is 5.54. The molecule has 0 bridgehead atoms. The first-order valence-electron chi connectivity index (χ1n) is 7.03. The van der Waals surface area contributed by atoms with E-state index < -0.39 is 23.5 Å². The molecule has 1 unspecified atom stereocenters. The summed E-state index contributed by atoms with van der Waals surface area (Å²) in [7, 11) is 0. The average molecular weight is 298 g/mol. The van der Waals surface area contributed by atoms with Crippen LogP contribution in [0.25, 0.3) is 6.08 Å². The lowest BCUT2D eigenvalue weighted by molar-refractivity contribution is -0.151. The third-order valence-electron chi connectivity index (χ3n) is 3.72. The van der Waals surface area contributed by atoms with Crippen molar-refractivity contribution >= 4 is 23.6 Å². The minimum atomic E-state index is -1.38. The van der Waals surface area contributed by atoms with E-state index in [1.807, 2.05) is 32.9 Å². The summed E-state index contributed by atoms with van der Waals surface area (Å²) in [5.41, 5.74) is 4.21. The molecule has 0 saturated heterocycles. The van der Waals surface area contributed by atoms with Crippen molar-refractivity contribution in [2.45, 2.75) is 27.7 Å². The van der Waals surface area contributed by atoms with Crippen molar-refractivity contribution < 1.29 is 19.1 Å². The number of allylic oxidation sites excluding steroid dienone is 3. The highest BCUT2D eigenvalue weighted by Crippen LogP contribution is 2.19. The van der Waals surface area contributed by atoms with Gasteiger partial charge in [0.2, 0.25) is 0 Å². The topological polar surface area (TPSA) is 60.4 Å². The van der Waals surface area contributed by atoms with E-state index in [0.717, 1.165) is 16.7 Å². The Kier molecular flexibility index (Phi) is 4.40. The molecule has 4 heteroatoms. The van der Waals surface area contributed by atoms with Gasteiger partial charge in [-0.25, -0.2) is 0 Å². The van der Waals surface area contributed by atoms with E-state index in [1.54, 1.807) is 6.08 Å². The van der Waals surface area contributed by atoms with E-state index >= 15 is 0 Å². The number of hydrogen-bond acceptors (Lipinski definition) is 4. The number of cyclic esters (lactones) is 1. The lowest BCUT2D eigenvalue weighted by Crippen LogP contribution is -2.34. The van der Waals surface area contributed by atoms with Gasteiger partial charge < -0.3 is 4.74 Å². The van der Waals surface area contributed by atoms with E-state index in [2.05, 4.69) is 0 Å². The van der Waals surface area contributed by atoms with Crippen LogP contribution < -0.4 is 0 Å². The maximum Gasteiger partial charge on any atom is 0.329 e. The largest absolute Gasteiger partial charge is 0.430 e. The van der Waals surface area contributed by atoms with E-state index in [0.29, 0.717) is 0 Å². The molecular weight excluding hydrogens is 280 g/mol. The van der Waals surface area contributed by atoms with E-state index in [9.17, 15) is 14.4 Å². The molecule has 0 radical (unpaired) electrons. The molecular formula is C18H18O4. The van der Waals surface area contributed by atoms with Crippen LogP contribution in [-0.4, -0.2) is 17.5 Å². The van der Waals surface area contributed by atoms with Crippen molar-refractivity contribution in [2.75, 3.05) is 0 Å². The van der Waals surface area contributed by atoms with Gasteiger partial charge in [0, 0.05) is 6.08 Å². The molecule has 0 amide bonds. The summed E-state index contributed by atoms with van der Waals surface area (Å²) < 4.78 is 4.85. The van der Waals surface area contributed by atoms with Crippen molar-refractivity contribution in [3.8, 4) is 0 Å². The lowest BCUT2D eigenvalue weighted by Gasteiger charge is -2.15. The van der Waals surface area contributed by atoms with Gasteiger partial charge in [-0.3, -0.25) is 14.4 Å². The molecule has 0 saturated carbocycles. The Morgan fingerprint density at radius 3 is 2.32 bits per heavy atom. The molecule has 1 aromatic rings. The van der Waals surface area contributed by atoms with Crippen molar-refractivity contribution in [1.82, 2.24) is 0 Å². The van der Waals surface area contributed by atoms with Crippen LogP contribution >= 0.6 is 0 Å². The quantitative estimate of drug-likeness (QED) is 0.489. The second kappa shape index (κ2) is 6.10. The highest BCUT2D eigenvalue weighted by molar-refractivity contribution is 6.25. The van der Waals surface area contributed by atoms with Gasteiger partial charge in [-0.1, -0.05) is 18.2 Å². The number of carbonyl (C=O) groups excluding carboxylic acids is 3. The number of aryl methyl sites for hydroxylation is 3. The number of esters is 1. The number of carbonyl (C=O) groups is 3. The molecule has 2 rings (SSSR count). The minimum absolute atomic E-state index is 0.216. The number of ether oxygens (including phenoxy) is 1. The standard InChI is InChI=1S/C18H18O4/c1-10-7-12(3)14(8-11(10)2)5-6-15(19)17-16(20)9-13(4)22-18(17)21/h5-9,17H,1-4H3/b6-5+. The summed E-state index contributed by atoms with van der Waals surface area (Å²) in [5.74, 6) is -3.06. The lowest BCUT2D eigenvalue weighted by atomic mass is 9.95. The fourth-order valence-electron chi connectivity index (χ4n) is 2.33. The van der Waals surface area contributed by atoms with Gasteiger partial charge in [0.1, 0.15) is 5.76 Å². The molecule has 114 valence electrons. The summed E-state index contributed by atoms with van der Waals surface area (Å²) in [6, 6.07) is 4.01. The zero-order valence-corrected chi connectivity index (χ0v) is 13.1. The highest BCUT2D eigenvalue weighted by Gasteiger charge is 2.36. The first-order chi connectivity index (χ1) is 10.3. The summed E-state index contributed by atoms with van der Waals surface area (Å²) in [4.78, 5) is 35.6. The van der Waals surface area contributed by atoms with Crippen molar-refractivity contribution in [1.29, 1.82) is 0 Å². The maximum absolute atomic E-state index is 12.1. The van der Waals surface area contributed by atoms with Crippen LogP contribution in [0.1, 0.15) is 29.2 Å². The Hall–Kier alpha value is -2.49. The van der Waals surface area contributed by atoms with Gasteiger partial charge >= 0.3 is 5.97 Å². The number of rotatable bonds is 3. The Morgan fingerprint density at radius 1 is 1.05 bits per heavy atom. The Balaban J connectivity index is 2.24. The van der Waals surface area contributed by atoms with Crippen LogP contribution in [0.2, 0.25) is 0 Å². The minimum Gasteiger partial charge on any atom is -0.430 e. The predicted octanol–water partition coefficient (Wildman–Crippen LogP) is 2.84. The van der Waals surface area contributed by atoms with Gasteiger partial charge in [0.05, 0.1) is 0 Å². The highest BCUT2D eigenvalue weighted by atomic mass is 16.5. The molecule has 0 N–H and O–H groups in total. The summed E-state index contributed by atoms with van der Waals surface area (Å²) in [6.07, 6.45) is 4.09. The first kappa shape index (κ1) is 15.9. The van der Waals surface area contributed by atoms with Crippen LogP contribution in [0.5, 0.6) is 0 Å². The zero-order chi connectivity index (χ0) is 16.4. The van der Waals surface area contributed by atoms with Crippen molar-refractivity contribution in [3.05, 3.63) is 52.3 Å². The van der Waals surface area contributed by atoms with Gasteiger partial charge in [0.15, 0.2) is 17.5 Å². The number of benzene rings is 1. The van der Waals surface area contributed by atoms with Crippen molar-refractivity contribution in [3.63, 3.8) is 0 Å². The normalized spacial score (nSPS) is 18.4. The van der Waals surface area contributed by atoms with Crippen LogP contribution in [0.3, 0.4) is 0 Å². The number of ketones is 2. The molecule has 1 atom stereocenters. The molecule has 0 spiro atoms. The SMILES string of the molecule is CC1=CC(=O)C(C(=O)/C=C/c2cc(C)c(C)cc2C)C(=O)O1. The van der Waals surface area contributed by atoms with Gasteiger partial charge in [0.25, 0.3) is 0 Å². The van der Waals surface area contributed by atoms with Gasteiger partial charge in [-0.05, 0) is 56.0 Å². The van der Waals surface area contributed by atoms with Crippen molar-refractivity contribution in [2.24, 2.45) is 5.92 Å². The maximum atomic E-state index is 12.1. The smallest absolute Gasteiger partial charge is 0.329 e. The molecule has 0 fully saturated rings. The fourth-order valence-corrected chi connectivity index (χ4v) is 2.33. The summed E-state index contributed by atoms with van der Waals surface area (Å²) in [6.45, 7) is 7.46. The molecule has 1 aliphatic rings. The van der Waals surface area contributed by atoms with Crippen LogP contribution in [0.15, 0.2) is 30.0 Å². The second-order valence-corrected chi connectivity index (χ2v) is 5.54. The summed E-state index contributed by atoms with van der Waals surface area (Å²) >= 11 is 0. The van der Waals surface area contributed by atoms with E-state index in [1.165, 1.54) is 24.6 Å². The Bertz CT molecular complexity index is 723. The molecule has 4 nitrogen and oxygen atoms in total. The Labute approximate surface area is 129 Å². The van der Waals surface area contributed by atoms with Crippen LogP contribution in [0, 0.1) is 26.7 Å². The first-order valence-corrected chi connectivity index (χ1v) is 7.03. The molecule has 1 aliphatic heterocycles. The summed E-state index contributed by atoms with van der Waals surface area (Å²) in [5, 5.41) is 0. The molecule has 1 heterocycles. The molecule has 0 aliphatic carbocycles. The van der Waals surface area contributed by atoms with Crippen LogP contribution in [-0.2, 0) is 19.1 Å². The van der Waals surface area contributed by atoms with Crippen LogP contribution in [0.4, 0.5) is 0 Å². The monoisotopic (exact) mass is 298 g/mol.